The Morgan fingerprint density at radius 1 is 0.861 bits per heavy atom. The molecular formula is C30H40N2O4. The Morgan fingerprint density at radius 3 is 2.19 bits per heavy atom. The number of ether oxygens (including phenoxy) is 1. The highest BCUT2D eigenvalue weighted by Gasteiger charge is 2.11. The van der Waals surface area contributed by atoms with E-state index in [1.807, 2.05) is 24.3 Å². The van der Waals surface area contributed by atoms with E-state index in [0.717, 1.165) is 42.6 Å². The van der Waals surface area contributed by atoms with Gasteiger partial charge < -0.3 is 14.1 Å². The van der Waals surface area contributed by atoms with E-state index in [2.05, 4.69) is 31.0 Å². The maximum absolute atomic E-state index is 12.7. The third-order valence-electron chi connectivity index (χ3n) is 6.52. The number of carbonyl (C=O) groups is 1. The predicted octanol–water partition coefficient (Wildman–Crippen LogP) is 8.00. The van der Waals surface area contributed by atoms with Crippen molar-refractivity contribution in [2.45, 2.75) is 72.1 Å². The summed E-state index contributed by atoms with van der Waals surface area (Å²) >= 11 is 0. The summed E-state index contributed by atoms with van der Waals surface area (Å²) in [5, 5.41) is 3.62. The molecule has 0 unspecified atom stereocenters. The Kier molecular flexibility index (Phi) is 10.9. The van der Waals surface area contributed by atoms with E-state index < -0.39 is 6.09 Å². The summed E-state index contributed by atoms with van der Waals surface area (Å²) < 4.78 is 10.9. The second kappa shape index (κ2) is 14.3. The Hall–Kier alpha value is -3.28. The van der Waals surface area contributed by atoms with Crippen LogP contribution in [-0.4, -0.2) is 25.8 Å². The highest BCUT2D eigenvalue weighted by molar-refractivity contribution is 5.86. The fraction of sp³-hybridized carbons (Fsp3) is 0.467. The van der Waals surface area contributed by atoms with Crippen LogP contribution in [0.5, 0.6) is 0 Å². The van der Waals surface area contributed by atoms with E-state index in [0.29, 0.717) is 23.4 Å². The number of fused-ring (bicyclic) bond motifs is 1. The molecule has 36 heavy (non-hydrogen) atoms. The third kappa shape index (κ3) is 7.87. The van der Waals surface area contributed by atoms with E-state index in [9.17, 15) is 9.59 Å². The molecule has 2 aromatic carbocycles. The number of benzene rings is 2. The quantitative estimate of drug-likeness (QED) is 0.182. The van der Waals surface area contributed by atoms with Crippen molar-refractivity contribution in [3.8, 4) is 11.1 Å². The molecule has 0 spiro atoms. The summed E-state index contributed by atoms with van der Waals surface area (Å²) in [5.41, 5.74) is 3.07. The summed E-state index contributed by atoms with van der Waals surface area (Å²) in [4.78, 5) is 27.0. The van der Waals surface area contributed by atoms with Gasteiger partial charge in [-0.2, -0.15) is 0 Å². The molecule has 1 heterocycles. The van der Waals surface area contributed by atoms with Crippen LogP contribution < -0.4 is 15.8 Å². The molecule has 3 rings (SSSR count). The molecule has 6 nitrogen and oxygen atoms in total. The molecule has 6 heteroatoms. The first-order chi connectivity index (χ1) is 17.5. The van der Waals surface area contributed by atoms with E-state index in [-0.39, 0.29) is 5.63 Å². The van der Waals surface area contributed by atoms with Gasteiger partial charge in [0.25, 0.3) is 0 Å². The molecule has 194 valence electrons. The number of amides is 1. The molecule has 1 N–H and O–H groups in total. The summed E-state index contributed by atoms with van der Waals surface area (Å²) in [6, 6.07) is 14.9. The van der Waals surface area contributed by atoms with Crippen molar-refractivity contribution in [2.24, 2.45) is 0 Å². The fourth-order valence-electron chi connectivity index (χ4n) is 4.37. The maximum Gasteiger partial charge on any atom is 0.411 e. The van der Waals surface area contributed by atoms with E-state index >= 15 is 0 Å². The van der Waals surface area contributed by atoms with Gasteiger partial charge in [-0.15, -0.1) is 0 Å². The highest BCUT2D eigenvalue weighted by Crippen LogP contribution is 2.26. The lowest BCUT2D eigenvalue weighted by Gasteiger charge is -2.21. The third-order valence-corrected chi connectivity index (χ3v) is 6.52. The van der Waals surface area contributed by atoms with Crippen LogP contribution in [0.1, 0.15) is 72.1 Å². The number of carbonyl (C=O) groups excluding carboxylic acids is 1. The molecule has 3 aromatic rings. The first-order valence-electron chi connectivity index (χ1n) is 13.4. The molecule has 1 aromatic heterocycles. The van der Waals surface area contributed by atoms with Crippen molar-refractivity contribution in [1.29, 1.82) is 0 Å². The average molecular weight is 493 g/mol. The Balaban J connectivity index is 1.52. The van der Waals surface area contributed by atoms with E-state index in [1.54, 1.807) is 24.3 Å². The normalized spacial score (nSPS) is 11.0. The number of hydrogen-bond acceptors (Lipinski definition) is 5. The lowest BCUT2D eigenvalue weighted by Crippen LogP contribution is -2.21. The number of unbranched alkanes of at least 4 members (excludes halogenated alkanes) is 7. The van der Waals surface area contributed by atoms with E-state index in [1.165, 1.54) is 38.5 Å². The van der Waals surface area contributed by atoms with Crippen LogP contribution >= 0.6 is 0 Å². The molecule has 0 aliphatic rings. The largest absolute Gasteiger partial charge is 0.449 e. The van der Waals surface area contributed by atoms with Gasteiger partial charge in [0.05, 0.1) is 12.2 Å². The minimum Gasteiger partial charge on any atom is -0.449 e. The molecule has 0 aliphatic heterocycles. The van der Waals surface area contributed by atoms with Crippen LogP contribution in [0.2, 0.25) is 0 Å². The van der Waals surface area contributed by atoms with Crippen molar-refractivity contribution >= 4 is 28.4 Å². The minimum absolute atomic E-state index is 0.385. The molecule has 0 fully saturated rings. The highest BCUT2D eigenvalue weighted by atomic mass is 16.5. The Morgan fingerprint density at radius 2 is 1.53 bits per heavy atom. The fourth-order valence-corrected chi connectivity index (χ4v) is 4.37. The molecule has 0 aliphatic carbocycles. The number of anilines is 2. The molecule has 0 atom stereocenters. The van der Waals surface area contributed by atoms with Crippen molar-refractivity contribution in [2.75, 3.05) is 29.9 Å². The monoisotopic (exact) mass is 492 g/mol. The van der Waals surface area contributed by atoms with Gasteiger partial charge in [0.15, 0.2) is 0 Å². The molecule has 0 saturated heterocycles. The van der Waals surface area contributed by atoms with Crippen LogP contribution in [-0.2, 0) is 4.74 Å². The van der Waals surface area contributed by atoms with Crippen LogP contribution in [0.4, 0.5) is 16.2 Å². The first kappa shape index (κ1) is 27.3. The molecule has 0 saturated carbocycles. The van der Waals surface area contributed by atoms with Gasteiger partial charge >= 0.3 is 11.7 Å². The lowest BCUT2D eigenvalue weighted by molar-refractivity contribution is 0.159. The average Bonchev–Trinajstić information content (AvgIpc) is 2.88. The van der Waals surface area contributed by atoms with Crippen LogP contribution in [0.25, 0.3) is 22.1 Å². The second-order valence-electron chi connectivity index (χ2n) is 9.16. The van der Waals surface area contributed by atoms with Gasteiger partial charge in [0.1, 0.15) is 5.58 Å². The SMILES string of the molecule is CCCCCCCCCCOC(=O)Nc1ccc(-c2cc3ccc(N(CC)CC)cc3oc2=O)cc1. The summed E-state index contributed by atoms with van der Waals surface area (Å²) in [6.45, 7) is 8.62. The van der Waals surface area contributed by atoms with Gasteiger partial charge in [-0.1, -0.05) is 64.0 Å². The number of nitrogens with zero attached hydrogens (tertiary/aromatic N) is 1. The summed E-state index contributed by atoms with van der Waals surface area (Å²) in [6.07, 6.45) is 9.15. The molecular weight excluding hydrogens is 452 g/mol. The van der Waals surface area contributed by atoms with Gasteiger partial charge in [-0.05, 0) is 56.2 Å². The smallest absolute Gasteiger partial charge is 0.411 e. The Bertz CT molecular complexity index is 1150. The second-order valence-corrected chi connectivity index (χ2v) is 9.16. The van der Waals surface area contributed by atoms with E-state index in [4.69, 9.17) is 9.15 Å². The van der Waals surface area contributed by atoms with Gasteiger partial charge in [0, 0.05) is 35.9 Å². The molecule has 1 amide bonds. The predicted molar refractivity (Wildman–Crippen MR) is 149 cm³/mol. The van der Waals surface area contributed by atoms with Crippen molar-refractivity contribution in [3.63, 3.8) is 0 Å². The maximum atomic E-state index is 12.7. The van der Waals surface area contributed by atoms with Crippen molar-refractivity contribution in [3.05, 3.63) is 59.0 Å². The number of hydrogen-bond donors (Lipinski definition) is 1. The lowest BCUT2D eigenvalue weighted by atomic mass is 10.1. The molecule has 0 radical (unpaired) electrons. The first-order valence-corrected chi connectivity index (χ1v) is 13.4. The standard InChI is InChI=1S/C30H40N2O4/c1-4-7-8-9-10-11-12-13-20-35-30(34)31-25-17-14-23(15-18-25)27-21-24-16-19-26(32(5-2)6-3)22-28(24)36-29(27)33/h14-19,21-22H,4-13,20H2,1-3H3,(H,31,34). The Labute approximate surface area is 214 Å². The summed E-state index contributed by atoms with van der Waals surface area (Å²) in [5.74, 6) is 0. The number of nitrogens with one attached hydrogen (secondary N) is 1. The van der Waals surface area contributed by atoms with Crippen LogP contribution in [0.3, 0.4) is 0 Å². The minimum atomic E-state index is -0.458. The van der Waals surface area contributed by atoms with Gasteiger partial charge in [-0.3, -0.25) is 5.32 Å². The van der Waals surface area contributed by atoms with Gasteiger partial charge in [0.2, 0.25) is 0 Å². The zero-order valence-corrected chi connectivity index (χ0v) is 22.0. The van der Waals surface area contributed by atoms with Crippen molar-refractivity contribution in [1.82, 2.24) is 0 Å². The zero-order chi connectivity index (χ0) is 25.8. The topological polar surface area (TPSA) is 71.8 Å². The number of rotatable bonds is 14. The molecule has 0 bridgehead atoms. The van der Waals surface area contributed by atoms with Crippen LogP contribution in [0, 0.1) is 0 Å². The zero-order valence-electron chi connectivity index (χ0n) is 22.0. The van der Waals surface area contributed by atoms with Crippen LogP contribution in [0.15, 0.2) is 57.7 Å². The van der Waals surface area contributed by atoms with Gasteiger partial charge in [-0.25, -0.2) is 9.59 Å². The van der Waals surface area contributed by atoms with Crippen molar-refractivity contribution < 1.29 is 13.9 Å². The summed E-state index contributed by atoms with van der Waals surface area (Å²) in [7, 11) is 0.